The van der Waals surface area contributed by atoms with Gasteiger partial charge in [-0.15, -0.1) is 0 Å². The Morgan fingerprint density at radius 2 is 1.97 bits per heavy atom. The Hall–Kier alpha value is -1.89. The molecule has 4 aliphatic rings. The Kier molecular flexibility index (Phi) is 5.68. The number of nitrogens with zero attached hydrogens (tertiary/aromatic N) is 1. The highest BCUT2D eigenvalue weighted by Gasteiger charge is 2.58. The van der Waals surface area contributed by atoms with Gasteiger partial charge >= 0.3 is 5.97 Å². The summed E-state index contributed by atoms with van der Waals surface area (Å²) in [6.45, 7) is 4.04. The molecule has 7 nitrogen and oxygen atoms in total. The van der Waals surface area contributed by atoms with Gasteiger partial charge in [-0.2, -0.15) is 0 Å². The summed E-state index contributed by atoms with van der Waals surface area (Å²) in [6, 6.07) is 0. The number of nitrogens with one attached hydrogen (secondary N) is 1. The van der Waals surface area contributed by atoms with Crippen LogP contribution in [0.25, 0.3) is 0 Å². The first-order chi connectivity index (χ1) is 14.2. The fraction of sp³-hybridized carbons (Fsp3) is 0.783. The molecule has 1 amide bonds. The summed E-state index contributed by atoms with van der Waals surface area (Å²) in [4.78, 5) is 27.2. The largest absolute Gasteiger partial charge is 0.480 e. The van der Waals surface area contributed by atoms with Crippen molar-refractivity contribution in [2.24, 2.45) is 33.7 Å². The molecule has 166 valence electrons. The lowest BCUT2D eigenvalue weighted by atomic mass is 9.47. The maximum Gasteiger partial charge on any atom is 0.322 e. The van der Waals surface area contributed by atoms with E-state index in [4.69, 9.17) is 9.94 Å². The van der Waals surface area contributed by atoms with E-state index in [0.29, 0.717) is 17.8 Å². The van der Waals surface area contributed by atoms with Gasteiger partial charge < -0.3 is 20.4 Å². The molecule has 0 aromatic heterocycles. The van der Waals surface area contributed by atoms with Crippen LogP contribution >= 0.6 is 0 Å². The molecule has 0 aromatic rings. The van der Waals surface area contributed by atoms with Crippen LogP contribution in [0.4, 0.5) is 0 Å². The van der Waals surface area contributed by atoms with E-state index in [1.807, 2.05) is 0 Å². The highest BCUT2D eigenvalue weighted by Crippen LogP contribution is 2.65. The van der Waals surface area contributed by atoms with Crippen LogP contribution in [-0.4, -0.2) is 47.1 Å². The molecule has 0 bridgehead atoms. The van der Waals surface area contributed by atoms with Crippen molar-refractivity contribution in [1.82, 2.24) is 5.32 Å². The molecule has 4 rings (SSSR count). The van der Waals surface area contributed by atoms with Gasteiger partial charge in [0.1, 0.15) is 6.54 Å². The molecule has 0 radical (unpaired) electrons. The van der Waals surface area contributed by atoms with Crippen LogP contribution in [0.5, 0.6) is 0 Å². The zero-order valence-corrected chi connectivity index (χ0v) is 18.0. The number of carbonyl (C=O) groups excluding carboxylic acids is 1. The molecule has 0 aromatic carbocycles. The molecule has 0 spiro atoms. The van der Waals surface area contributed by atoms with E-state index in [9.17, 15) is 14.7 Å². The summed E-state index contributed by atoms with van der Waals surface area (Å²) in [5, 5.41) is 25.6. The van der Waals surface area contributed by atoms with Gasteiger partial charge in [-0.3, -0.25) is 9.59 Å². The second-order valence-corrected chi connectivity index (χ2v) is 10.2. The first-order valence-electron chi connectivity index (χ1n) is 11.3. The standard InChI is InChI=1S/C23H34N2O5/c1-22-9-7-15(25-30-13-20(27)24-12-21(28)29)11-14(22)3-4-16-17-5-6-19(26)23(17,2)10-8-18(16)22/h11,16-19,26H,3-10,12-13H2,1-2H3,(H,24,27)(H,28,29)/b25-15+/t16?,17?,18?,19?,22-,23-/m0/s1. The number of amides is 1. The third-order valence-corrected chi connectivity index (χ3v) is 8.74. The summed E-state index contributed by atoms with van der Waals surface area (Å²) >= 11 is 0. The average Bonchev–Trinajstić information content (AvgIpc) is 3.01. The van der Waals surface area contributed by atoms with Gasteiger partial charge in [-0.25, -0.2) is 0 Å². The third kappa shape index (κ3) is 3.66. The maximum atomic E-state index is 11.6. The smallest absolute Gasteiger partial charge is 0.322 e. The molecular formula is C23H34N2O5. The first-order valence-corrected chi connectivity index (χ1v) is 11.3. The second-order valence-electron chi connectivity index (χ2n) is 10.2. The quantitative estimate of drug-likeness (QED) is 0.595. The number of hydrogen-bond acceptors (Lipinski definition) is 5. The number of carbonyl (C=O) groups is 2. The van der Waals surface area contributed by atoms with Crippen LogP contribution in [0.2, 0.25) is 0 Å². The molecule has 7 heteroatoms. The zero-order valence-electron chi connectivity index (χ0n) is 18.0. The van der Waals surface area contributed by atoms with E-state index in [-0.39, 0.29) is 23.5 Å². The molecule has 4 aliphatic carbocycles. The molecule has 3 N–H and O–H groups in total. The van der Waals surface area contributed by atoms with E-state index < -0.39 is 18.4 Å². The SMILES string of the molecule is C[C@]12CCC3C(CCC4=C/C(=N/OCC(=O)NCC(=O)O)CC[C@@]43C)C1CCC2O. The van der Waals surface area contributed by atoms with Gasteiger partial charge in [0.05, 0.1) is 11.8 Å². The third-order valence-electron chi connectivity index (χ3n) is 8.74. The Bertz CT molecular complexity index is 778. The second kappa shape index (κ2) is 7.98. The molecule has 0 saturated heterocycles. The van der Waals surface area contributed by atoms with Crippen molar-refractivity contribution < 1.29 is 24.6 Å². The number of allylic oxidation sites excluding steroid dienone is 2. The molecule has 30 heavy (non-hydrogen) atoms. The van der Waals surface area contributed by atoms with Crippen LogP contribution in [0.1, 0.15) is 65.2 Å². The van der Waals surface area contributed by atoms with Crippen LogP contribution in [-0.2, 0) is 14.4 Å². The molecule has 3 saturated carbocycles. The monoisotopic (exact) mass is 418 g/mol. The predicted octanol–water partition coefficient (Wildman–Crippen LogP) is 2.88. The summed E-state index contributed by atoms with van der Waals surface area (Å²) in [5.41, 5.74) is 2.61. The minimum atomic E-state index is -1.09. The Labute approximate surface area is 177 Å². The Morgan fingerprint density at radius 1 is 1.17 bits per heavy atom. The average molecular weight is 419 g/mol. The van der Waals surface area contributed by atoms with E-state index in [1.54, 1.807) is 0 Å². The predicted molar refractivity (Wildman–Crippen MR) is 112 cm³/mol. The molecule has 0 heterocycles. The lowest BCUT2D eigenvalue weighted by molar-refractivity contribution is -0.138. The van der Waals surface area contributed by atoms with Gasteiger partial charge in [-0.05, 0) is 86.0 Å². The van der Waals surface area contributed by atoms with Crippen LogP contribution in [0.3, 0.4) is 0 Å². The van der Waals surface area contributed by atoms with Gasteiger partial charge in [0.15, 0.2) is 6.61 Å². The van der Waals surface area contributed by atoms with Crippen molar-refractivity contribution in [2.45, 2.75) is 71.3 Å². The van der Waals surface area contributed by atoms with E-state index in [1.165, 1.54) is 24.8 Å². The fourth-order valence-electron chi connectivity index (χ4n) is 7.01. The van der Waals surface area contributed by atoms with Gasteiger partial charge in [0.25, 0.3) is 5.91 Å². The summed E-state index contributed by atoms with van der Waals surface area (Å²) < 4.78 is 0. The van der Waals surface area contributed by atoms with Gasteiger partial charge in [0, 0.05) is 0 Å². The van der Waals surface area contributed by atoms with E-state index in [2.05, 4.69) is 30.4 Å². The van der Waals surface area contributed by atoms with E-state index >= 15 is 0 Å². The van der Waals surface area contributed by atoms with Crippen molar-refractivity contribution >= 4 is 17.6 Å². The van der Waals surface area contributed by atoms with E-state index in [0.717, 1.165) is 37.8 Å². The molecule has 0 aliphatic heterocycles. The Morgan fingerprint density at radius 3 is 2.73 bits per heavy atom. The van der Waals surface area contributed by atoms with Gasteiger partial charge in [-0.1, -0.05) is 24.6 Å². The molecule has 4 unspecified atom stereocenters. The summed E-state index contributed by atoms with van der Waals surface area (Å²) in [7, 11) is 0. The zero-order chi connectivity index (χ0) is 21.5. The van der Waals surface area contributed by atoms with Crippen molar-refractivity contribution in [1.29, 1.82) is 0 Å². The number of oxime groups is 1. The highest BCUT2D eigenvalue weighted by atomic mass is 16.6. The number of aliphatic carboxylic acids is 1. The number of fused-ring (bicyclic) bond motifs is 5. The van der Waals surface area contributed by atoms with Crippen molar-refractivity contribution in [3.63, 3.8) is 0 Å². The van der Waals surface area contributed by atoms with Gasteiger partial charge in [0.2, 0.25) is 0 Å². The fourth-order valence-corrected chi connectivity index (χ4v) is 7.01. The minimum absolute atomic E-state index is 0.106. The number of aliphatic hydroxyl groups is 1. The maximum absolute atomic E-state index is 11.6. The lowest BCUT2D eigenvalue weighted by Crippen LogP contribution is -2.51. The van der Waals surface area contributed by atoms with Crippen LogP contribution in [0, 0.1) is 28.6 Å². The Balaban J connectivity index is 1.41. The summed E-state index contributed by atoms with van der Waals surface area (Å²) in [5.74, 6) is 0.449. The lowest BCUT2D eigenvalue weighted by Gasteiger charge is -2.57. The number of aliphatic hydroxyl groups excluding tert-OH is 1. The van der Waals surface area contributed by atoms with Crippen LogP contribution < -0.4 is 5.32 Å². The molecule has 3 fully saturated rings. The normalized spacial score (nSPS) is 41.3. The number of carboxylic acid groups (broad SMARTS) is 1. The molecular weight excluding hydrogens is 384 g/mol. The number of hydrogen-bond donors (Lipinski definition) is 3. The number of rotatable bonds is 5. The summed E-state index contributed by atoms with van der Waals surface area (Å²) in [6.07, 6.45) is 10.6. The topological polar surface area (TPSA) is 108 Å². The van der Waals surface area contributed by atoms with Crippen LogP contribution in [0.15, 0.2) is 16.8 Å². The van der Waals surface area contributed by atoms with Crippen molar-refractivity contribution in [2.75, 3.05) is 13.2 Å². The van der Waals surface area contributed by atoms with Crippen molar-refractivity contribution in [3.05, 3.63) is 11.6 Å². The number of carboxylic acids is 1. The minimum Gasteiger partial charge on any atom is -0.480 e. The highest BCUT2D eigenvalue weighted by molar-refractivity contribution is 5.96. The first kappa shape index (κ1) is 21.3. The van der Waals surface area contributed by atoms with Crippen molar-refractivity contribution in [3.8, 4) is 0 Å². The molecule has 6 atom stereocenters.